The number of aryl methyl sites for hydroxylation is 2. The minimum Gasteiger partial charge on any atom is -0.367 e. The summed E-state index contributed by atoms with van der Waals surface area (Å²) in [5.41, 5.74) is 3.75. The summed E-state index contributed by atoms with van der Waals surface area (Å²) in [5.74, 6) is -0.00687. The Bertz CT molecular complexity index is 1230. The van der Waals surface area contributed by atoms with E-state index >= 15 is 0 Å². The maximum absolute atomic E-state index is 13.0. The monoisotopic (exact) mass is 475 g/mol. The first kappa shape index (κ1) is 23.9. The van der Waals surface area contributed by atoms with E-state index < -0.39 is 0 Å². The SMILES string of the molecule is CC(=O)Nc1ccc(NC(=O)c2ccccc2N2CCN(C(=O)Cn3nc(C)cc3C)CC2)cn1. The van der Waals surface area contributed by atoms with Gasteiger partial charge in [-0.2, -0.15) is 5.10 Å². The molecule has 2 aromatic heterocycles. The molecule has 182 valence electrons. The van der Waals surface area contributed by atoms with Gasteiger partial charge in [0.05, 0.1) is 23.1 Å². The van der Waals surface area contributed by atoms with E-state index in [1.165, 1.54) is 13.1 Å². The van der Waals surface area contributed by atoms with Crippen LogP contribution in [0.2, 0.25) is 0 Å². The number of nitrogens with zero attached hydrogens (tertiary/aromatic N) is 5. The summed E-state index contributed by atoms with van der Waals surface area (Å²) in [4.78, 5) is 45.1. The van der Waals surface area contributed by atoms with Crippen LogP contribution in [0.25, 0.3) is 0 Å². The Morgan fingerprint density at radius 2 is 1.71 bits per heavy atom. The number of amides is 3. The molecule has 10 nitrogen and oxygen atoms in total. The van der Waals surface area contributed by atoms with Gasteiger partial charge in [-0.15, -0.1) is 0 Å². The summed E-state index contributed by atoms with van der Waals surface area (Å²) in [6.07, 6.45) is 1.50. The number of carbonyl (C=O) groups is 3. The molecule has 3 amide bonds. The first-order valence-corrected chi connectivity index (χ1v) is 11.5. The highest BCUT2D eigenvalue weighted by Crippen LogP contribution is 2.23. The molecule has 1 aromatic carbocycles. The number of benzene rings is 1. The zero-order valence-electron chi connectivity index (χ0n) is 20.1. The molecule has 2 N–H and O–H groups in total. The minimum atomic E-state index is -0.252. The molecule has 1 fully saturated rings. The standard InChI is InChI=1S/C25H29N7O3/c1-17-14-18(2)32(29-17)16-24(34)31-12-10-30(11-13-31)22-7-5-4-6-21(22)25(35)28-20-8-9-23(26-15-20)27-19(3)33/h4-9,14-15H,10-13,16H2,1-3H3,(H,28,35)(H,26,27,33). The fraction of sp³-hybridized carbons (Fsp3) is 0.320. The third-order valence-electron chi connectivity index (χ3n) is 5.84. The highest BCUT2D eigenvalue weighted by atomic mass is 16.2. The molecule has 0 spiro atoms. The fourth-order valence-corrected chi connectivity index (χ4v) is 4.12. The van der Waals surface area contributed by atoms with E-state index in [4.69, 9.17) is 0 Å². The van der Waals surface area contributed by atoms with Crippen LogP contribution >= 0.6 is 0 Å². The van der Waals surface area contributed by atoms with Crippen LogP contribution in [0.3, 0.4) is 0 Å². The van der Waals surface area contributed by atoms with Crippen LogP contribution in [0.4, 0.5) is 17.2 Å². The van der Waals surface area contributed by atoms with Gasteiger partial charge in [0.15, 0.2) is 0 Å². The van der Waals surface area contributed by atoms with Crippen molar-refractivity contribution in [3.05, 3.63) is 65.6 Å². The van der Waals surface area contributed by atoms with Gasteiger partial charge < -0.3 is 20.4 Å². The van der Waals surface area contributed by atoms with Crippen molar-refractivity contribution in [2.75, 3.05) is 41.7 Å². The molecule has 0 radical (unpaired) electrons. The molecule has 35 heavy (non-hydrogen) atoms. The zero-order valence-corrected chi connectivity index (χ0v) is 20.1. The van der Waals surface area contributed by atoms with Crippen molar-refractivity contribution in [1.29, 1.82) is 0 Å². The summed E-state index contributed by atoms with van der Waals surface area (Å²) in [6.45, 7) is 7.89. The molecular weight excluding hydrogens is 446 g/mol. The van der Waals surface area contributed by atoms with E-state index in [1.807, 2.05) is 43.0 Å². The normalized spacial score (nSPS) is 13.5. The maximum Gasteiger partial charge on any atom is 0.257 e. The number of carbonyl (C=O) groups excluding carboxylic acids is 3. The number of anilines is 3. The smallest absolute Gasteiger partial charge is 0.257 e. The van der Waals surface area contributed by atoms with Crippen LogP contribution < -0.4 is 15.5 Å². The van der Waals surface area contributed by atoms with E-state index in [9.17, 15) is 14.4 Å². The number of pyridine rings is 1. The average Bonchev–Trinajstić information content (AvgIpc) is 3.16. The Morgan fingerprint density at radius 3 is 2.34 bits per heavy atom. The second kappa shape index (κ2) is 10.4. The number of hydrogen-bond donors (Lipinski definition) is 2. The van der Waals surface area contributed by atoms with Gasteiger partial charge >= 0.3 is 0 Å². The third kappa shape index (κ3) is 5.84. The minimum absolute atomic E-state index is 0.0390. The summed E-state index contributed by atoms with van der Waals surface area (Å²) < 4.78 is 1.74. The first-order chi connectivity index (χ1) is 16.8. The summed E-state index contributed by atoms with van der Waals surface area (Å²) in [6, 6.07) is 12.7. The van der Waals surface area contributed by atoms with Crippen molar-refractivity contribution in [1.82, 2.24) is 19.7 Å². The lowest BCUT2D eigenvalue weighted by Crippen LogP contribution is -2.50. The van der Waals surface area contributed by atoms with Crippen molar-refractivity contribution in [2.24, 2.45) is 0 Å². The highest BCUT2D eigenvalue weighted by molar-refractivity contribution is 6.08. The quantitative estimate of drug-likeness (QED) is 0.566. The summed E-state index contributed by atoms with van der Waals surface area (Å²) >= 11 is 0. The lowest BCUT2D eigenvalue weighted by molar-refractivity contribution is -0.132. The molecule has 0 unspecified atom stereocenters. The topological polar surface area (TPSA) is 112 Å². The van der Waals surface area contributed by atoms with Gasteiger partial charge in [-0.3, -0.25) is 19.1 Å². The number of hydrogen-bond acceptors (Lipinski definition) is 6. The molecule has 0 bridgehead atoms. The van der Waals surface area contributed by atoms with Crippen molar-refractivity contribution < 1.29 is 14.4 Å². The van der Waals surface area contributed by atoms with Crippen molar-refractivity contribution >= 4 is 34.9 Å². The van der Waals surface area contributed by atoms with Crippen molar-refractivity contribution in [3.8, 4) is 0 Å². The van der Waals surface area contributed by atoms with E-state index in [0.29, 0.717) is 43.2 Å². The van der Waals surface area contributed by atoms with Crippen molar-refractivity contribution in [3.63, 3.8) is 0 Å². The van der Waals surface area contributed by atoms with Gasteiger partial charge in [0.2, 0.25) is 11.8 Å². The lowest BCUT2D eigenvalue weighted by atomic mass is 10.1. The van der Waals surface area contributed by atoms with Gasteiger partial charge in [0, 0.05) is 44.5 Å². The Labute approximate surface area is 203 Å². The van der Waals surface area contributed by atoms with Gasteiger partial charge in [-0.05, 0) is 44.2 Å². The van der Waals surface area contributed by atoms with E-state index in [1.54, 1.807) is 22.9 Å². The lowest BCUT2D eigenvalue weighted by Gasteiger charge is -2.37. The fourth-order valence-electron chi connectivity index (χ4n) is 4.12. The van der Waals surface area contributed by atoms with Crippen LogP contribution in [0, 0.1) is 13.8 Å². The van der Waals surface area contributed by atoms with Gasteiger partial charge in [-0.1, -0.05) is 12.1 Å². The van der Waals surface area contributed by atoms with Gasteiger partial charge in [0.25, 0.3) is 5.91 Å². The largest absolute Gasteiger partial charge is 0.367 e. The number of piperazine rings is 1. The first-order valence-electron chi connectivity index (χ1n) is 11.5. The van der Waals surface area contributed by atoms with Crippen LogP contribution in [0.1, 0.15) is 28.7 Å². The Kier molecular flexibility index (Phi) is 7.09. The molecular formula is C25H29N7O3. The van der Waals surface area contributed by atoms with Crippen LogP contribution in [0.15, 0.2) is 48.7 Å². The molecule has 1 aliphatic heterocycles. The van der Waals surface area contributed by atoms with E-state index in [0.717, 1.165) is 17.1 Å². The Hall–Kier alpha value is -4.21. The molecule has 10 heteroatoms. The molecule has 4 rings (SSSR count). The molecule has 0 saturated carbocycles. The predicted octanol–water partition coefficient (Wildman–Crippen LogP) is 2.45. The Morgan fingerprint density at radius 1 is 0.971 bits per heavy atom. The second-order valence-corrected chi connectivity index (χ2v) is 8.54. The highest BCUT2D eigenvalue weighted by Gasteiger charge is 2.24. The molecule has 3 heterocycles. The summed E-state index contributed by atoms with van der Waals surface area (Å²) in [5, 5.41) is 9.84. The summed E-state index contributed by atoms with van der Waals surface area (Å²) in [7, 11) is 0. The molecule has 1 aliphatic rings. The van der Waals surface area contributed by atoms with Crippen LogP contribution in [0.5, 0.6) is 0 Å². The van der Waals surface area contributed by atoms with Crippen LogP contribution in [-0.4, -0.2) is 63.6 Å². The average molecular weight is 476 g/mol. The number of nitrogens with one attached hydrogen (secondary N) is 2. The second-order valence-electron chi connectivity index (χ2n) is 8.54. The molecule has 0 atom stereocenters. The van der Waals surface area contributed by atoms with Crippen molar-refractivity contribution in [2.45, 2.75) is 27.3 Å². The van der Waals surface area contributed by atoms with Gasteiger partial charge in [-0.25, -0.2) is 4.98 Å². The van der Waals surface area contributed by atoms with E-state index in [-0.39, 0.29) is 24.3 Å². The Balaban J connectivity index is 1.38. The predicted molar refractivity (Wildman–Crippen MR) is 133 cm³/mol. The maximum atomic E-state index is 13.0. The zero-order chi connectivity index (χ0) is 24.9. The molecule has 1 saturated heterocycles. The van der Waals surface area contributed by atoms with E-state index in [2.05, 4.69) is 25.6 Å². The third-order valence-corrected chi connectivity index (χ3v) is 5.84. The van der Waals surface area contributed by atoms with Crippen LogP contribution in [-0.2, 0) is 16.1 Å². The molecule has 3 aromatic rings. The number of para-hydroxylation sites is 1. The molecule has 0 aliphatic carbocycles. The van der Waals surface area contributed by atoms with Gasteiger partial charge in [0.1, 0.15) is 12.4 Å². The number of rotatable bonds is 6. The number of aromatic nitrogens is 3.